The van der Waals surface area contributed by atoms with E-state index in [2.05, 4.69) is 57.2 Å². The summed E-state index contributed by atoms with van der Waals surface area (Å²) in [6.07, 6.45) is 87.7. The van der Waals surface area contributed by atoms with E-state index in [0.717, 1.165) is 77.0 Å². The van der Waals surface area contributed by atoms with Gasteiger partial charge < -0.3 is 14.2 Å². The highest BCUT2D eigenvalue weighted by atomic mass is 16.6. The van der Waals surface area contributed by atoms with Crippen LogP contribution in [-0.2, 0) is 28.6 Å². The molecule has 81 heavy (non-hydrogen) atoms. The maximum atomic E-state index is 12.9. The first-order valence-electron chi connectivity index (χ1n) is 36.5. The molecule has 0 heterocycles. The Hall–Kier alpha value is -2.37. The Balaban J connectivity index is 4.04. The molecular weight excluding hydrogens is 997 g/mol. The molecule has 0 aliphatic carbocycles. The zero-order valence-electron chi connectivity index (χ0n) is 54.8. The predicted octanol–water partition coefficient (Wildman–Crippen LogP) is 25.1. The van der Waals surface area contributed by atoms with Crippen molar-refractivity contribution in [2.75, 3.05) is 13.2 Å². The van der Waals surface area contributed by atoms with E-state index >= 15 is 0 Å². The van der Waals surface area contributed by atoms with Crippen LogP contribution in [-0.4, -0.2) is 37.2 Å². The van der Waals surface area contributed by atoms with E-state index in [-0.39, 0.29) is 31.1 Å². The van der Waals surface area contributed by atoms with Crippen LogP contribution in [0, 0.1) is 0 Å². The third-order valence-corrected chi connectivity index (χ3v) is 16.6. The molecule has 0 aliphatic heterocycles. The summed E-state index contributed by atoms with van der Waals surface area (Å²) in [7, 11) is 0. The quantitative estimate of drug-likeness (QED) is 0.0261. The summed E-state index contributed by atoms with van der Waals surface area (Å²) < 4.78 is 17.0. The lowest BCUT2D eigenvalue weighted by Gasteiger charge is -2.18. The topological polar surface area (TPSA) is 78.9 Å². The van der Waals surface area contributed by atoms with Gasteiger partial charge in [-0.15, -0.1) is 0 Å². The van der Waals surface area contributed by atoms with Crippen LogP contribution in [0.25, 0.3) is 0 Å². The van der Waals surface area contributed by atoms with Crippen molar-refractivity contribution in [3.05, 3.63) is 36.5 Å². The monoisotopic (exact) mass is 1140 g/mol. The number of esters is 3. The van der Waals surface area contributed by atoms with Crippen LogP contribution in [0.5, 0.6) is 0 Å². The Kier molecular flexibility index (Phi) is 68.1. The van der Waals surface area contributed by atoms with Crippen molar-refractivity contribution in [1.82, 2.24) is 0 Å². The first-order valence-corrected chi connectivity index (χ1v) is 36.5. The van der Waals surface area contributed by atoms with Gasteiger partial charge in [0.15, 0.2) is 6.10 Å². The van der Waals surface area contributed by atoms with Crippen molar-refractivity contribution >= 4 is 17.9 Å². The maximum absolute atomic E-state index is 12.9. The van der Waals surface area contributed by atoms with Gasteiger partial charge in [0.05, 0.1) is 0 Å². The van der Waals surface area contributed by atoms with E-state index in [0.29, 0.717) is 19.3 Å². The summed E-state index contributed by atoms with van der Waals surface area (Å²) in [5.74, 6) is -0.859. The maximum Gasteiger partial charge on any atom is 0.306 e. The summed E-state index contributed by atoms with van der Waals surface area (Å²) in [5, 5.41) is 0. The first kappa shape index (κ1) is 78.6. The average molecular weight is 1140 g/mol. The SMILES string of the molecule is CCCCC/C=C\C/C=C\CCCCCCCC(=O)OC(COC(=O)CCCCCCCCCCCCCCC)COC(=O)CCCCCCCCCCCCCCCCCCCCCCCCC/C=C\CCCCCCCCCC. The molecule has 0 saturated heterocycles. The third kappa shape index (κ3) is 68.3. The number of allylic oxidation sites excluding steroid dienone is 6. The van der Waals surface area contributed by atoms with Gasteiger partial charge in [0, 0.05) is 19.3 Å². The first-order chi connectivity index (χ1) is 40.0. The molecule has 0 aromatic carbocycles. The average Bonchev–Trinajstić information content (AvgIpc) is 3.46. The zero-order chi connectivity index (χ0) is 58.5. The summed E-state index contributed by atoms with van der Waals surface area (Å²) in [6.45, 7) is 6.67. The summed E-state index contributed by atoms with van der Waals surface area (Å²) in [4.78, 5) is 38.3. The minimum atomic E-state index is -0.776. The highest BCUT2D eigenvalue weighted by molar-refractivity contribution is 5.71. The second-order valence-corrected chi connectivity index (χ2v) is 24.9. The van der Waals surface area contributed by atoms with Crippen molar-refractivity contribution in [2.45, 2.75) is 412 Å². The lowest BCUT2D eigenvalue weighted by Crippen LogP contribution is -2.30. The van der Waals surface area contributed by atoms with Gasteiger partial charge in [-0.05, 0) is 77.0 Å². The molecular formula is C75H140O6. The molecule has 1 atom stereocenters. The van der Waals surface area contributed by atoms with Gasteiger partial charge in [0.2, 0.25) is 0 Å². The van der Waals surface area contributed by atoms with Crippen molar-refractivity contribution in [2.24, 2.45) is 0 Å². The number of carbonyl (C=O) groups excluding carboxylic acids is 3. The second-order valence-electron chi connectivity index (χ2n) is 24.9. The summed E-state index contributed by atoms with van der Waals surface area (Å²) >= 11 is 0. The third-order valence-electron chi connectivity index (χ3n) is 16.6. The fourth-order valence-electron chi connectivity index (χ4n) is 11.1. The Labute approximate surface area is 506 Å². The lowest BCUT2D eigenvalue weighted by atomic mass is 10.0. The molecule has 0 aromatic rings. The molecule has 0 spiro atoms. The number of rotatable bonds is 68. The van der Waals surface area contributed by atoms with E-state index in [4.69, 9.17) is 14.2 Å². The van der Waals surface area contributed by atoms with Crippen LogP contribution in [0.2, 0.25) is 0 Å². The molecule has 0 aliphatic rings. The van der Waals surface area contributed by atoms with Gasteiger partial charge in [-0.3, -0.25) is 14.4 Å². The Morgan fingerprint density at radius 1 is 0.247 bits per heavy atom. The van der Waals surface area contributed by atoms with E-state index in [1.54, 1.807) is 0 Å². The molecule has 0 fully saturated rings. The number of ether oxygens (including phenoxy) is 3. The zero-order valence-corrected chi connectivity index (χ0v) is 54.8. The molecule has 0 bridgehead atoms. The largest absolute Gasteiger partial charge is 0.462 e. The molecule has 0 N–H and O–H groups in total. The standard InChI is InChI=1S/C75H140O6/c1-4-7-10-13-16-19-22-25-27-28-29-30-31-32-33-34-35-36-37-38-39-40-41-42-43-44-45-46-48-50-53-56-59-62-65-68-74(77)80-71-72(70-79-73(76)67-64-61-58-55-52-49-24-21-18-15-12-9-6-3)81-75(78)69-66-63-60-57-54-51-47-26-23-20-17-14-11-8-5-2/h17,20,26,28-29,47,72H,4-16,18-19,21-25,27,30-46,48-71H2,1-3H3/b20-17-,29-28-,47-26-. The minimum absolute atomic E-state index is 0.0721. The highest BCUT2D eigenvalue weighted by Gasteiger charge is 2.19. The molecule has 6 nitrogen and oxygen atoms in total. The van der Waals surface area contributed by atoms with Crippen LogP contribution < -0.4 is 0 Å². The van der Waals surface area contributed by atoms with E-state index in [1.165, 1.54) is 289 Å². The Morgan fingerprint density at radius 2 is 0.444 bits per heavy atom. The molecule has 0 radical (unpaired) electrons. The number of unbranched alkanes of at least 4 members (excludes halogenated alkanes) is 51. The van der Waals surface area contributed by atoms with Gasteiger partial charge >= 0.3 is 17.9 Å². The minimum Gasteiger partial charge on any atom is -0.462 e. The number of hydrogen-bond acceptors (Lipinski definition) is 6. The van der Waals surface area contributed by atoms with Crippen LogP contribution in [0.3, 0.4) is 0 Å². The van der Waals surface area contributed by atoms with Crippen molar-refractivity contribution in [1.29, 1.82) is 0 Å². The molecule has 0 amide bonds. The second kappa shape index (κ2) is 70.1. The van der Waals surface area contributed by atoms with E-state index < -0.39 is 6.10 Å². The van der Waals surface area contributed by atoms with Crippen LogP contribution in [0.4, 0.5) is 0 Å². The number of hydrogen-bond donors (Lipinski definition) is 0. The van der Waals surface area contributed by atoms with Gasteiger partial charge in [0.1, 0.15) is 13.2 Å². The predicted molar refractivity (Wildman–Crippen MR) is 353 cm³/mol. The fourth-order valence-corrected chi connectivity index (χ4v) is 11.1. The normalized spacial score (nSPS) is 12.2. The highest BCUT2D eigenvalue weighted by Crippen LogP contribution is 2.19. The smallest absolute Gasteiger partial charge is 0.306 e. The lowest BCUT2D eigenvalue weighted by molar-refractivity contribution is -0.167. The number of carbonyl (C=O) groups is 3. The molecule has 0 saturated carbocycles. The van der Waals surface area contributed by atoms with Crippen molar-refractivity contribution in [3.8, 4) is 0 Å². The van der Waals surface area contributed by atoms with Gasteiger partial charge in [-0.1, -0.05) is 346 Å². The van der Waals surface area contributed by atoms with Gasteiger partial charge in [-0.25, -0.2) is 0 Å². The van der Waals surface area contributed by atoms with Crippen molar-refractivity contribution < 1.29 is 28.6 Å². The molecule has 1 unspecified atom stereocenters. The van der Waals surface area contributed by atoms with E-state index in [1.807, 2.05) is 0 Å². The fraction of sp³-hybridized carbons (Fsp3) is 0.880. The van der Waals surface area contributed by atoms with Crippen LogP contribution in [0.1, 0.15) is 406 Å². The molecule has 6 heteroatoms. The molecule has 0 aromatic heterocycles. The van der Waals surface area contributed by atoms with Gasteiger partial charge in [-0.2, -0.15) is 0 Å². The Morgan fingerprint density at radius 3 is 0.716 bits per heavy atom. The van der Waals surface area contributed by atoms with Gasteiger partial charge in [0.25, 0.3) is 0 Å². The van der Waals surface area contributed by atoms with Crippen molar-refractivity contribution in [3.63, 3.8) is 0 Å². The summed E-state index contributed by atoms with van der Waals surface area (Å²) in [5.41, 5.74) is 0. The molecule has 476 valence electrons. The Bertz CT molecular complexity index is 1350. The van der Waals surface area contributed by atoms with Crippen LogP contribution >= 0.6 is 0 Å². The van der Waals surface area contributed by atoms with Crippen LogP contribution in [0.15, 0.2) is 36.5 Å². The molecule has 0 rings (SSSR count). The van der Waals surface area contributed by atoms with E-state index in [9.17, 15) is 14.4 Å². The summed E-state index contributed by atoms with van der Waals surface area (Å²) in [6, 6.07) is 0.